The maximum Gasteiger partial charge on any atom is 0.227 e. The number of hydrogen-bond acceptors (Lipinski definition) is 5. The Hall–Kier alpha value is -1.43. The zero-order valence-corrected chi connectivity index (χ0v) is 15.5. The van der Waals surface area contributed by atoms with Crippen LogP contribution in [0, 0.1) is 5.41 Å². The molecule has 2 rings (SSSR count). The Morgan fingerprint density at radius 1 is 1.52 bits per heavy atom. The first-order chi connectivity index (χ1) is 10.9. The van der Waals surface area contributed by atoms with Crippen LogP contribution in [0.15, 0.2) is 21.7 Å². The second-order valence-corrected chi connectivity index (χ2v) is 7.66. The Morgan fingerprint density at radius 2 is 2.26 bits per heavy atom. The monoisotopic (exact) mass is 337 g/mol. The number of amides is 1. The van der Waals surface area contributed by atoms with E-state index in [0.29, 0.717) is 0 Å². The number of nitrogens with one attached hydrogen (secondary N) is 1. The third kappa shape index (κ3) is 4.53. The first-order valence-corrected chi connectivity index (χ1v) is 9.14. The van der Waals surface area contributed by atoms with Gasteiger partial charge in [-0.1, -0.05) is 27.7 Å². The van der Waals surface area contributed by atoms with Gasteiger partial charge in [0.2, 0.25) is 11.8 Å². The van der Waals surface area contributed by atoms with Gasteiger partial charge in [0, 0.05) is 36.4 Å². The van der Waals surface area contributed by atoms with Gasteiger partial charge < -0.3 is 14.6 Å². The Labute approximate surface area is 142 Å². The number of carbonyl (C=O) groups is 1. The first-order valence-electron chi connectivity index (χ1n) is 8.15. The third-order valence-corrected chi connectivity index (χ3v) is 5.40. The van der Waals surface area contributed by atoms with E-state index in [-0.39, 0.29) is 17.5 Å². The van der Waals surface area contributed by atoms with E-state index in [1.807, 2.05) is 27.8 Å². The molecule has 6 heteroatoms. The zero-order valence-electron chi connectivity index (χ0n) is 14.7. The summed E-state index contributed by atoms with van der Waals surface area (Å²) in [6.45, 7) is 8.05. The number of thioether (sulfide) groups is 1. The summed E-state index contributed by atoms with van der Waals surface area (Å²) in [5.74, 6) is 2.51. The molecule has 0 aliphatic carbocycles. The van der Waals surface area contributed by atoms with Gasteiger partial charge in [0.25, 0.3) is 0 Å². The second-order valence-electron chi connectivity index (χ2n) is 6.55. The molecule has 5 nitrogen and oxygen atoms in total. The molecule has 128 valence electrons. The van der Waals surface area contributed by atoms with Crippen molar-refractivity contribution in [2.24, 2.45) is 5.41 Å². The molecule has 1 aliphatic heterocycles. The number of oxazole rings is 1. The Morgan fingerprint density at radius 3 is 2.87 bits per heavy atom. The van der Waals surface area contributed by atoms with Crippen molar-refractivity contribution in [1.29, 1.82) is 0 Å². The van der Waals surface area contributed by atoms with Crippen LogP contribution in [0.4, 0.5) is 0 Å². The van der Waals surface area contributed by atoms with E-state index < -0.39 is 0 Å². The van der Waals surface area contributed by atoms with E-state index in [2.05, 4.69) is 28.3 Å². The summed E-state index contributed by atoms with van der Waals surface area (Å²) in [4.78, 5) is 19.9. The minimum atomic E-state index is -0.328. The Kier molecular flexibility index (Phi) is 5.79. The molecule has 1 amide bonds. The molecule has 1 unspecified atom stereocenters. The summed E-state index contributed by atoms with van der Waals surface area (Å²) >= 11 is 1.72. The predicted molar refractivity (Wildman–Crippen MR) is 93.6 cm³/mol. The molecule has 0 fully saturated rings. The molecule has 23 heavy (non-hydrogen) atoms. The van der Waals surface area contributed by atoms with Crippen LogP contribution in [0.3, 0.4) is 0 Å². The summed E-state index contributed by atoms with van der Waals surface area (Å²) in [6.07, 6.45) is 6.44. The van der Waals surface area contributed by atoms with Crippen LogP contribution >= 0.6 is 11.8 Å². The fourth-order valence-corrected chi connectivity index (χ4v) is 3.15. The molecule has 1 N–H and O–H groups in total. The van der Waals surface area contributed by atoms with Gasteiger partial charge in [0.05, 0.1) is 11.9 Å². The summed E-state index contributed by atoms with van der Waals surface area (Å²) in [5, 5.41) is 3.14. The van der Waals surface area contributed by atoms with Gasteiger partial charge in [-0.2, -0.15) is 0 Å². The molecule has 0 aromatic carbocycles. The minimum absolute atomic E-state index is 0.0339. The smallest absolute Gasteiger partial charge is 0.227 e. The van der Waals surface area contributed by atoms with Crippen molar-refractivity contribution < 1.29 is 9.21 Å². The van der Waals surface area contributed by atoms with Crippen LogP contribution in [0.2, 0.25) is 0 Å². The van der Waals surface area contributed by atoms with Gasteiger partial charge in [-0.05, 0) is 6.42 Å². The largest absolute Gasteiger partial charge is 0.445 e. The fourth-order valence-electron chi connectivity index (χ4n) is 2.19. The molecule has 0 spiro atoms. The van der Waals surface area contributed by atoms with Crippen molar-refractivity contribution in [3.8, 4) is 0 Å². The van der Waals surface area contributed by atoms with Crippen molar-refractivity contribution in [3.05, 3.63) is 29.0 Å². The van der Waals surface area contributed by atoms with Crippen LogP contribution in [0.25, 0.3) is 0 Å². The van der Waals surface area contributed by atoms with Crippen molar-refractivity contribution in [3.63, 3.8) is 0 Å². The SMILES string of the molecule is CCc1cnc(CSC2=CN(C)C(NC(=O)C(C)(C)CC)C2)o1. The van der Waals surface area contributed by atoms with Crippen molar-refractivity contribution in [2.75, 3.05) is 7.05 Å². The molecule has 1 aliphatic rings. The molecule has 0 radical (unpaired) electrons. The van der Waals surface area contributed by atoms with Crippen molar-refractivity contribution in [2.45, 2.75) is 58.9 Å². The molecule has 0 saturated heterocycles. The number of aryl methyl sites for hydroxylation is 1. The van der Waals surface area contributed by atoms with Crippen molar-refractivity contribution in [1.82, 2.24) is 15.2 Å². The maximum atomic E-state index is 12.3. The highest BCUT2D eigenvalue weighted by Crippen LogP contribution is 2.31. The number of aromatic nitrogens is 1. The lowest BCUT2D eigenvalue weighted by Gasteiger charge is -2.28. The van der Waals surface area contributed by atoms with Crippen LogP contribution in [-0.2, 0) is 17.0 Å². The average Bonchev–Trinajstić information content (AvgIpc) is 3.12. The molecule has 1 atom stereocenters. The van der Waals surface area contributed by atoms with E-state index in [0.717, 1.165) is 36.7 Å². The summed E-state index contributed by atoms with van der Waals surface area (Å²) in [6, 6.07) is 0. The van der Waals surface area contributed by atoms with E-state index in [1.165, 1.54) is 4.91 Å². The normalized spacial score (nSPS) is 18.2. The van der Waals surface area contributed by atoms with E-state index in [9.17, 15) is 4.79 Å². The van der Waals surface area contributed by atoms with E-state index in [4.69, 9.17) is 4.42 Å². The number of nitrogens with zero attached hydrogens (tertiary/aromatic N) is 2. The van der Waals surface area contributed by atoms with Gasteiger partial charge in [0.1, 0.15) is 11.9 Å². The van der Waals surface area contributed by atoms with E-state index >= 15 is 0 Å². The van der Waals surface area contributed by atoms with Gasteiger partial charge in [-0.25, -0.2) is 4.98 Å². The average molecular weight is 337 g/mol. The molecule has 2 heterocycles. The van der Waals surface area contributed by atoms with E-state index in [1.54, 1.807) is 18.0 Å². The van der Waals surface area contributed by atoms with Gasteiger partial charge in [-0.3, -0.25) is 4.79 Å². The maximum absolute atomic E-state index is 12.3. The molecule has 1 aromatic heterocycles. The predicted octanol–water partition coefficient (Wildman–Crippen LogP) is 3.53. The first kappa shape index (κ1) is 17.9. The summed E-state index contributed by atoms with van der Waals surface area (Å²) in [5.41, 5.74) is -0.328. The quantitative estimate of drug-likeness (QED) is 0.825. The fraction of sp³-hybridized carbons (Fsp3) is 0.647. The molecule has 0 bridgehead atoms. The molecule has 1 aromatic rings. The lowest BCUT2D eigenvalue weighted by atomic mass is 9.89. The topological polar surface area (TPSA) is 58.4 Å². The van der Waals surface area contributed by atoms with Crippen LogP contribution < -0.4 is 5.32 Å². The highest BCUT2D eigenvalue weighted by atomic mass is 32.2. The Balaban J connectivity index is 1.85. The lowest BCUT2D eigenvalue weighted by Crippen LogP contribution is -2.47. The van der Waals surface area contributed by atoms with Gasteiger partial charge in [-0.15, -0.1) is 11.8 Å². The van der Waals surface area contributed by atoms with Crippen LogP contribution in [0.5, 0.6) is 0 Å². The summed E-state index contributed by atoms with van der Waals surface area (Å²) in [7, 11) is 2.00. The Bertz CT molecular complexity index is 580. The van der Waals surface area contributed by atoms with Gasteiger partial charge >= 0.3 is 0 Å². The van der Waals surface area contributed by atoms with Crippen molar-refractivity contribution >= 4 is 17.7 Å². The third-order valence-electron chi connectivity index (χ3n) is 4.36. The second kappa shape index (κ2) is 7.43. The van der Waals surface area contributed by atoms with Gasteiger partial charge in [0.15, 0.2) is 0 Å². The minimum Gasteiger partial charge on any atom is -0.445 e. The molecule has 0 saturated carbocycles. The highest BCUT2D eigenvalue weighted by Gasteiger charge is 2.30. The van der Waals surface area contributed by atoms with Crippen LogP contribution in [-0.4, -0.2) is 29.0 Å². The lowest BCUT2D eigenvalue weighted by molar-refractivity contribution is -0.131. The number of carbonyl (C=O) groups excluding carboxylic acids is 1. The number of hydrogen-bond donors (Lipinski definition) is 1. The number of rotatable bonds is 7. The molecular formula is C17H27N3O2S. The summed E-state index contributed by atoms with van der Waals surface area (Å²) < 4.78 is 5.63. The zero-order chi connectivity index (χ0) is 17.0. The molecular weight excluding hydrogens is 310 g/mol. The highest BCUT2D eigenvalue weighted by molar-refractivity contribution is 8.02. The standard InChI is InChI=1S/C17H27N3O2S/c1-6-12-9-18-15(22-12)11-23-13-8-14(20(5)10-13)19-16(21)17(3,4)7-2/h9-10,14H,6-8,11H2,1-5H3,(H,19,21). The van der Waals surface area contributed by atoms with Crippen LogP contribution in [0.1, 0.15) is 52.2 Å².